The highest BCUT2D eigenvalue weighted by atomic mass is 32.2. The summed E-state index contributed by atoms with van der Waals surface area (Å²) in [5.41, 5.74) is 0.880. The number of benzene rings is 1. The maximum atomic E-state index is 10.5. The van der Waals surface area contributed by atoms with E-state index >= 15 is 0 Å². The Morgan fingerprint density at radius 1 is 1.37 bits per heavy atom. The van der Waals surface area contributed by atoms with Crippen LogP contribution >= 0.6 is 11.8 Å². The highest BCUT2D eigenvalue weighted by molar-refractivity contribution is 7.99. The molecule has 0 spiro atoms. The predicted molar refractivity (Wildman–Crippen MR) is 66.5 cm³/mol. The zero-order valence-electron chi connectivity index (χ0n) is 9.65. The molecule has 0 unspecified atom stereocenters. The molecule has 0 aliphatic heterocycles. The van der Waals surface area contributed by atoms with Gasteiger partial charge in [0.2, 0.25) is 5.89 Å². The minimum absolute atomic E-state index is 0.0412. The number of nitro benzene ring substituents is 1. The minimum atomic E-state index is -0.451. The van der Waals surface area contributed by atoms with Gasteiger partial charge >= 0.3 is 0 Å². The van der Waals surface area contributed by atoms with E-state index in [2.05, 4.69) is 10.2 Å². The van der Waals surface area contributed by atoms with Crippen LogP contribution in [0.5, 0.6) is 0 Å². The molecule has 0 N–H and O–H groups in total. The number of hydrogen-bond donors (Lipinski definition) is 0. The van der Waals surface area contributed by atoms with E-state index in [-0.39, 0.29) is 11.4 Å². The maximum absolute atomic E-state index is 10.5. The molecule has 2 rings (SSSR count). The van der Waals surface area contributed by atoms with E-state index in [1.54, 1.807) is 12.1 Å². The second-order valence-corrected chi connectivity index (χ2v) is 4.44. The van der Waals surface area contributed by atoms with E-state index in [1.807, 2.05) is 6.07 Å². The molecule has 96 valence electrons. The third kappa shape index (κ3) is 3.53. The summed E-state index contributed by atoms with van der Waals surface area (Å²) in [6, 6.07) is 8.11. The lowest BCUT2D eigenvalue weighted by Gasteiger charge is -1.96. The Balaban J connectivity index is 2.02. The van der Waals surface area contributed by atoms with Gasteiger partial charge < -0.3 is 4.42 Å². The largest absolute Gasteiger partial charge is 0.416 e. The summed E-state index contributed by atoms with van der Waals surface area (Å²) in [6.07, 6.45) is 0.401. The van der Waals surface area contributed by atoms with Crippen molar-refractivity contribution < 1.29 is 9.34 Å². The zero-order valence-corrected chi connectivity index (χ0v) is 10.5. The van der Waals surface area contributed by atoms with Crippen LogP contribution in [0, 0.1) is 21.4 Å². The molecule has 1 heterocycles. The second-order valence-electron chi connectivity index (χ2n) is 3.51. The first-order valence-electron chi connectivity index (χ1n) is 5.24. The fraction of sp³-hybridized carbons (Fsp3) is 0.182. The third-order valence-electron chi connectivity index (χ3n) is 2.21. The summed E-state index contributed by atoms with van der Waals surface area (Å²) in [4.78, 5) is 10.1. The van der Waals surface area contributed by atoms with Crippen molar-refractivity contribution in [2.45, 2.75) is 11.6 Å². The Labute approximate surface area is 112 Å². The number of non-ortho nitro benzene ring substituents is 1. The van der Waals surface area contributed by atoms with Crippen LogP contribution in [-0.2, 0) is 6.42 Å². The Kier molecular flexibility index (Phi) is 4.10. The molecule has 0 saturated heterocycles. The molecule has 0 saturated carbocycles. The molecule has 0 aliphatic rings. The molecule has 0 atom stereocenters. The van der Waals surface area contributed by atoms with Crippen molar-refractivity contribution in [2.24, 2.45) is 0 Å². The Morgan fingerprint density at radius 3 is 2.74 bits per heavy atom. The number of thioether (sulfide) groups is 1. The Morgan fingerprint density at radius 2 is 2.11 bits per heavy atom. The topological polar surface area (TPSA) is 106 Å². The average molecular weight is 276 g/mol. The predicted octanol–water partition coefficient (Wildman–Crippen LogP) is 2.18. The fourth-order valence-electron chi connectivity index (χ4n) is 1.37. The summed E-state index contributed by atoms with van der Waals surface area (Å²) in [6.45, 7) is 0. The molecule has 0 amide bonds. The lowest BCUT2D eigenvalue weighted by Crippen LogP contribution is -1.91. The molecule has 0 fully saturated rings. The van der Waals surface area contributed by atoms with Gasteiger partial charge in [-0.1, -0.05) is 23.9 Å². The summed E-state index contributed by atoms with van der Waals surface area (Å²) < 4.78 is 5.32. The fourth-order valence-corrected chi connectivity index (χ4v) is 1.81. The zero-order chi connectivity index (χ0) is 13.7. The van der Waals surface area contributed by atoms with E-state index in [0.717, 1.165) is 5.56 Å². The number of nitriles is 1. The third-order valence-corrected chi connectivity index (χ3v) is 2.90. The van der Waals surface area contributed by atoms with Crippen LogP contribution < -0.4 is 0 Å². The molecule has 8 heteroatoms. The summed E-state index contributed by atoms with van der Waals surface area (Å²) >= 11 is 1.17. The summed E-state index contributed by atoms with van der Waals surface area (Å²) in [5, 5.41) is 26.9. The van der Waals surface area contributed by atoms with Gasteiger partial charge in [0.15, 0.2) is 0 Å². The second kappa shape index (κ2) is 5.97. The molecule has 19 heavy (non-hydrogen) atoms. The smallest absolute Gasteiger partial charge is 0.277 e. The summed E-state index contributed by atoms with van der Waals surface area (Å²) in [7, 11) is 0. The van der Waals surface area contributed by atoms with Crippen molar-refractivity contribution in [2.75, 3.05) is 5.75 Å². The number of aromatic nitrogens is 2. The lowest BCUT2D eigenvalue weighted by atomic mass is 10.1. The van der Waals surface area contributed by atoms with Crippen LogP contribution in [-0.4, -0.2) is 20.9 Å². The van der Waals surface area contributed by atoms with Gasteiger partial charge in [0.25, 0.3) is 10.9 Å². The maximum Gasteiger partial charge on any atom is 0.277 e. The van der Waals surface area contributed by atoms with Gasteiger partial charge in [0.1, 0.15) is 0 Å². The van der Waals surface area contributed by atoms with Gasteiger partial charge in [-0.2, -0.15) is 5.26 Å². The standard InChI is InChI=1S/C11H8N4O3S/c12-5-6-19-11-14-13-10(18-11)7-8-1-3-9(4-2-8)15(16)17/h1-4H,6-7H2. The van der Waals surface area contributed by atoms with Crippen molar-refractivity contribution in [3.8, 4) is 6.07 Å². The van der Waals surface area contributed by atoms with E-state index in [4.69, 9.17) is 9.68 Å². The quantitative estimate of drug-likeness (QED) is 0.468. The lowest BCUT2D eigenvalue weighted by molar-refractivity contribution is -0.384. The average Bonchev–Trinajstić information content (AvgIpc) is 2.84. The van der Waals surface area contributed by atoms with Gasteiger partial charge in [-0.05, 0) is 5.56 Å². The molecule has 1 aromatic heterocycles. The number of nitrogens with zero attached hydrogens (tertiary/aromatic N) is 4. The SMILES string of the molecule is N#CCSc1nnc(Cc2ccc([N+](=O)[O-])cc2)o1. The van der Waals surface area contributed by atoms with Crippen LogP contribution in [0.4, 0.5) is 5.69 Å². The molecular formula is C11H8N4O3S. The first kappa shape index (κ1) is 13.0. The van der Waals surface area contributed by atoms with Gasteiger partial charge in [-0.15, -0.1) is 10.2 Å². The number of rotatable bonds is 5. The monoisotopic (exact) mass is 276 g/mol. The van der Waals surface area contributed by atoms with Crippen molar-refractivity contribution in [1.29, 1.82) is 5.26 Å². The van der Waals surface area contributed by atoms with Gasteiger partial charge in [-0.25, -0.2) is 0 Å². The normalized spacial score (nSPS) is 10.1. The molecule has 7 nitrogen and oxygen atoms in total. The van der Waals surface area contributed by atoms with Crippen LogP contribution in [0.2, 0.25) is 0 Å². The number of hydrogen-bond acceptors (Lipinski definition) is 7. The number of nitro groups is 1. The molecule has 0 bridgehead atoms. The minimum Gasteiger partial charge on any atom is -0.416 e. The summed E-state index contributed by atoms with van der Waals surface area (Å²) in [5.74, 6) is 0.661. The van der Waals surface area contributed by atoms with Crippen LogP contribution in [0.1, 0.15) is 11.5 Å². The Hall–Kier alpha value is -2.40. The van der Waals surface area contributed by atoms with Crippen LogP contribution in [0.3, 0.4) is 0 Å². The van der Waals surface area contributed by atoms with E-state index in [1.165, 1.54) is 23.9 Å². The molecule has 0 radical (unpaired) electrons. The Bertz CT molecular complexity index is 618. The molecule has 0 aliphatic carbocycles. The van der Waals surface area contributed by atoms with Crippen molar-refractivity contribution in [1.82, 2.24) is 10.2 Å². The molecule has 1 aromatic carbocycles. The van der Waals surface area contributed by atoms with E-state index in [0.29, 0.717) is 17.5 Å². The first-order valence-corrected chi connectivity index (χ1v) is 6.23. The van der Waals surface area contributed by atoms with Gasteiger partial charge in [0.05, 0.1) is 23.2 Å². The highest BCUT2D eigenvalue weighted by Crippen LogP contribution is 2.18. The first-order chi connectivity index (χ1) is 9.19. The van der Waals surface area contributed by atoms with Crippen LogP contribution in [0.15, 0.2) is 33.9 Å². The van der Waals surface area contributed by atoms with Crippen molar-refractivity contribution in [3.05, 3.63) is 45.8 Å². The van der Waals surface area contributed by atoms with Crippen molar-refractivity contribution >= 4 is 17.4 Å². The highest BCUT2D eigenvalue weighted by Gasteiger charge is 2.09. The van der Waals surface area contributed by atoms with E-state index in [9.17, 15) is 10.1 Å². The molecular weight excluding hydrogens is 268 g/mol. The van der Waals surface area contributed by atoms with Crippen molar-refractivity contribution in [3.63, 3.8) is 0 Å². The van der Waals surface area contributed by atoms with Gasteiger partial charge in [0, 0.05) is 12.1 Å². The van der Waals surface area contributed by atoms with Crippen LogP contribution in [0.25, 0.3) is 0 Å². The van der Waals surface area contributed by atoms with E-state index < -0.39 is 4.92 Å². The van der Waals surface area contributed by atoms with Gasteiger partial charge in [-0.3, -0.25) is 10.1 Å². The molecule has 2 aromatic rings.